The van der Waals surface area contributed by atoms with Crippen molar-refractivity contribution in [3.05, 3.63) is 12.2 Å². The number of hydrogen-bond acceptors (Lipinski definition) is 2. The van der Waals surface area contributed by atoms with Crippen LogP contribution in [-0.2, 0) is 0 Å². The Morgan fingerprint density at radius 1 is 1.50 bits per heavy atom. The van der Waals surface area contributed by atoms with Crippen molar-refractivity contribution in [2.75, 3.05) is 19.3 Å². The van der Waals surface area contributed by atoms with Crippen LogP contribution in [-0.4, -0.2) is 24.1 Å². The van der Waals surface area contributed by atoms with Gasteiger partial charge < -0.3 is 5.32 Å². The van der Waals surface area contributed by atoms with Crippen LogP contribution in [0.2, 0.25) is 0 Å². The minimum atomic E-state index is 0.585. The molecule has 0 bridgehead atoms. The average Bonchev–Trinajstić information content (AvgIpc) is 2.02. The maximum Gasteiger partial charge on any atom is 0.0281 e. The fourth-order valence-corrected chi connectivity index (χ4v) is 2.47. The van der Waals surface area contributed by atoms with Gasteiger partial charge in [0.15, 0.2) is 0 Å². The molecule has 0 aromatic rings. The van der Waals surface area contributed by atoms with Crippen molar-refractivity contribution in [1.29, 1.82) is 0 Å². The lowest BCUT2D eigenvalue weighted by Gasteiger charge is -2.40. The Kier molecular flexibility index (Phi) is 4.16. The van der Waals surface area contributed by atoms with Crippen molar-refractivity contribution in [2.45, 2.75) is 30.9 Å². The molecule has 1 rings (SSSR count). The first-order valence-corrected chi connectivity index (χ1v) is 5.92. The highest BCUT2D eigenvalue weighted by atomic mass is 32.2. The molecule has 1 aliphatic rings. The molecule has 1 fully saturated rings. The van der Waals surface area contributed by atoms with Gasteiger partial charge >= 0.3 is 0 Å². The zero-order chi connectivity index (χ0) is 8.86. The van der Waals surface area contributed by atoms with Gasteiger partial charge in [-0.05, 0) is 26.0 Å². The van der Waals surface area contributed by atoms with Gasteiger partial charge in [-0.3, -0.25) is 0 Å². The maximum absolute atomic E-state index is 3.47. The molecule has 1 nitrogen and oxygen atoms in total. The van der Waals surface area contributed by atoms with Gasteiger partial charge in [-0.2, -0.15) is 11.8 Å². The molecule has 0 atom stereocenters. The smallest absolute Gasteiger partial charge is 0.0281 e. The second-order valence-electron chi connectivity index (χ2n) is 3.44. The van der Waals surface area contributed by atoms with E-state index in [1.807, 2.05) is 11.8 Å². The average molecular weight is 185 g/mol. The minimum Gasteiger partial charge on any atom is -0.312 e. The van der Waals surface area contributed by atoms with E-state index in [1.54, 1.807) is 0 Å². The lowest BCUT2D eigenvalue weighted by molar-refractivity contribution is 0.350. The van der Waals surface area contributed by atoms with E-state index in [4.69, 9.17) is 0 Å². The fraction of sp³-hybridized carbons (Fsp3) is 0.800. The standard InChI is InChI=1S/C10H19NS/c1-3-4-8-11-9-10(12-2)6-5-7-10/h3-4,11H,5-9H2,1-2H3/b4-3+. The molecule has 0 spiro atoms. The zero-order valence-corrected chi connectivity index (χ0v) is 8.91. The fourth-order valence-electron chi connectivity index (χ4n) is 1.53. The zero-order valence-electron chi connectivity index (χ0n) is 8.10. The normalized spacial score (nSPS) is 21.2. The van der Waals surface area contributed by atoms with Crippen LogP contribution < -0.4 is 5.32 Å². The van der Waals surface area contributed by atoms with Crippen molar-refractivity contribution >= 4 is 11.8 Å². The van der Waals surface area contributed by atoms with E-state index >= 15 is 0 Å². The largest absolute Gasteiger partial charge is 0.312 e. The Hall–Kier alpha value is 0.0500. The van der Waals surface area contributed by atoms with E-state index < -0.39 is 0 Å². The third-order valence-corrected chi connectivity index (χ3v) is 4.06. The van der Waals surface area contributed by atoms with Gasteiger partial charge in [0.25, 0.3) is 0 Å². The molecule has 2 heteroatoms. The summed E-state index contributed by atoms with van der Waals surface area (Å²) in [5, 5.41) is 3.47. The minimum absolute atomic E-state index is 0.585. The molecule has 70 valence electrons. The predicted molar refractivity (Wildman–Crippen MR) is 57.8 cm³/mol. The molecule has 0 radical (unpaired) electrons. The second-order valence-corrected chi connectivity index (χ2v) is 4.71. The van der Waals surface area contributed by atoms with Gasteiger partial charge in [0.1, 0.15) is 0 Å². The summed E-state index contributed by atoms with van der Waals surface area (Å²) >= 11 is 2.03. The highest BCUT2D eigenvalue weighted by Gasteiger charge is 2.35. The van der Waals surface area contributed by atoms with Gasteiger partial charge in [-0.1, -0.05) is 18.6 Å². The van der Waals surface area contributed by atoms with Crippen molar-refractivity contribution in [3.63, 3.8) is 0 Å². The van der Waals surface area contributed by atoms with Crippen LogP contribution in [0.5, 0.6) is 0 Å². The lowest BCUT2D eigenvalue weighted by Crippen LogP contribution is -2.43. The molecule has 0 amide bonds. The number of thioether (sulfide) groups is 1. The van der Waals surface area contributed by atoms with Gasteiger partial charge in [0, 0.05) is 17.8 Å². The Balaban J connectivity index is 2.12. The Morgan fingerprint density at radius 3 is 2.67 bits per heavy atom. The van der Waals surface area contributed by atoms with E-state index in [9.17, 15) is 0 Å². The van der Waals surface area contributed by atoms with Gasteiger partial charge in [-0.25, -0.2) is 0 Å². The van der Waals surface area contributed by atoms with Gasteiger partial charge in [-0.15, -0.1) is 0 Å². The molecule has 0 aromatic heterocycles. The van der Waals surface area contributed by atoms with Crippen LogP contribution >= 0.6 is 11.8 Å². The van der Waals surface area contributed by atoms with E-state index in [0.717, 1.165) is 6.54 Å². The van der Waals surface area contributed by atoms with E-state index in [2.05, 4.69) is 30.6 Å². The van der Waals surface area contributed by atoms with Gasteiger partial charge in [0.2, 0.25) is 0 Å². The van der Waals surface area contributed by atoms with Crippen LogP contribution in [0.25, 0.3) is 0 Å². The monoisotopic (exact) mass is 185 g/mol. The van der Waals surface area contributed by atoms with Crippen molar-refractivity contribution in [3.8, 4) is 0 Å². The van der Waals surface area contributed by atoms with E-state index in [1.165, 1.54) is 25.8 Å². The maximum atomic E-state index is 3.47. The second kappa shape index (κ2) is 4.93. The first-order valence-electron chi connectivity index (χ1n) is 4.70. The van der Waals surface area contributed by atoms with Crippen molar-refractivity contribution in [2.24, 2.45) is 0 Å². The summed E-state index contributed by atoms with van der Waals surface area (Å²) in [7, 11) is 0. The molecule has 12 heavy (non-hydrogen) atoms. The summed E-state index contributed by atoms with van der Waals surface area (Å²) in [4.78, 5) is 0. The summed E-state index contributed by atoms with van der Waals surface area (Å²) in [6.45, 7) is 4.27. The highest BCUT2D eigenvalue weighted by molar-refractivity contribution is 8.00. The molecule has 0 heterocycles. The molecule has 0 saturated heterocycles. The number of hydrogen-bond donors (Lipinski definition) is 1. The summed E-state index contributed by atoms with van der Waals surface area (Å²) < 4.78 is 0.585. The third-order valence-electron chi connectivity index (χ3n) is 2.64. The molecule has 0 aliphatic heterocycles. The molecule has 1 aliphatic carbocycles. The Bertz CT molecular complexity index is 144. The first kappa shape index (κ1) is 10.1. The summed E-state index contributed by atoms with van der Waals surface area (Å²) in [6, 6.07) is 0. The molecular weight excluding hydrogens is 166 g/mol. The summed E-state index contributed by atoms with van der Waals surface area (Å²) in [6.07, 6.45) is 10.7. The number of nitrogens with one attached hydrogen (secondary N) is 1. The molecule has 1 N–H and O–H groups in total. The molecule has 0 unspecified atom stereocenters. The van der Waals surface area contributed by atoms with E-state index in [-0.39, 0.29) is 0 Å². The van der Waals surface area contributed by atoms with Crippen LogP contribution in [0.1, 0.15) is 26.2 Å². The van der Waals surface area contributed by atoms with Crippen molar-refractivity contribution in [1.82, 2.24) is 5.32 Å². The topological polar surface area (TPSA) is 12.0 Å². The predicted octanol–water partition coefficient (Wildman–Crippen LogP) is 2.44. The summed E-state index contributed by atoms with van der Waals surface area (Å²) in [5.41, 5.74) is 0. The van der Waals surface area contributed by atoms with Crippen LogP contribution in [0.3, 0.4) is 0 Å². The van der Waals surface area contributed by atoms with E-state index in [0.29, 0.717) is 4.75 Å². The number of allylic oxidation sites excluding steroid dienone is 1. The SMILES string of the molecule is C/C=C/CNCC1(SC)CCC1. The molecule has 1 saturated carbocycles. The third kappa shape index (κ3) is 2.53. The Morgan fingerprint density at radius 2 is 2.25 bits per heavy atom. The lowest BCUT2D eigenvalue weighted by atomic mass is 9.84. The van der Waals surface area contributed by atoms with Crippen molar-refractivity contribution < 1.29 is 0 Å². The Labute approximate surface area is 80.0 Å². The quantitative estimate of drug-likeness (QED) is 0.521. The number of rotatable bonds is 5. The molecule has 0 aromatic carbocycles. The summed E-state index contributed by atoms with van der Waals surface area (Å²) in [5.74, 6) is 0. The van der Waals surface area contributed by atoms with Crippen LogP contribution in [0, 0.1) is 0 Å². The van der Waals surface area contributed by atoms with Crippen LogP contribution in [0.15, 0.2) is 12.2 Å². The van der Waals surface area contributed by atoms with Gasteiger partial charge in [0.05, 0.1) is 0 Å². The highest BCUT2D eigenvalue weighted by Crippen LogP contribution is 2.41. The first-order chi connectivity index (χ1) is 5.83. The molecular formula is C10H19NS. The van der Waals surface area contributed by atoms with Crippen LogP contribution in [0.4, 0.5) is 0 Å².